The lowest BCUT2D eigenvalue weighted by molar-refractivity contribution is 0.483. The number of halogens is 1. The van der Waals surface area contributed by atoms with Gasteiger partial charge in [0.25, 0.3) is 10.0 Å². The Morgan fingerprint density at radius 1 is 0.966 bits per heavy atom. The molecule has 0 spiro atoms. The molecule has 2 N–H and O–H groups in total. The Morgan fingerprint density at radius 2 is 1.72 bits per heavy atom. The molecule has 0 bridgehead atoms. The number of ether oxygens (including phenoxy) is 1. The Labute approximate surface area is 174 Å². The average molecular weight is 428 g/mol. The first-order valence-corrected chi connectivity index (χ1v) is 10.7. The molecular weight excluding hydrogens is 410 g/mol. The van der Waals surface area contributed by atoms with Crippen LogP contribution in [0.25, 0.3) is 0 Å². The van der Waals surface area contributed by atoms with Crippen molar-refractivity contribution in [3.05, 3.63) is 76.8 Å². The van der Waals surface area contributed by atoms with Crippen molar-refractivity contribution in [1.29, 1.82) is 0 Å². The van der Waals surface area contributed by atoms with E-state index in [-0.39, 0.29) is 10.9 Å². The summed E-state index contributed by atoms with van der Waals surface area (Å²) < 4.78 is 35.2. The smallest absolute Gasteiger partial charge is 0.287 e. The highest BCUT2D eigenvalue weighted by atomic mass is 35.5. The van der Waals surface area contributed by atoms with Crippen LogP contribution >= 0.6 is 11.6 Å². The van der Waals surface area contributed by atoms with Crippen LogP contribution in [0.4, 0.5) is 11.4 Å². The standard InChI is InChI=1S/C21H18ClN3O3S/c1-13-10-11-15(12-14(13)2)23-21-24-20-18(28-17-7-4-3-6-16(17)22)8-5-9-19(20)29(26,27)25-21/h3-12H,1-2H3,(H2,23,24,25). The summed E-state index contributed by atoms with van der Waals surface area (Å²) in [5, 5.41) is 6.48. The first kappa shape index (κ1) is 19.3. The third kappa shape index (κ3) is 3.92. The highest BCUT2D eigenvalue weighted by molar-refractivity contribution is 7.90. The zero-order valence-electron chi connectivity index (χ0n) is 15.7. The van der Waals surface area contributed by atoms with E-state index >= 15 is 0 Å². The molecular formula is C21H18ClN3O3S. The SMILES string of the molecule is Cc1ccc(NC2=NS(=O)(=O)c3cccc(Oc4ccccc4Cl)c3N2)cc1C. The second-order valence-corrected chi connectivity index (χ2v) is 8.61. The Bertz CT molecular complexity index is 1240. The lowest BCUT2D eigenvalue weighted by Gasteiger charge is -2.22. The van der Waals surface area contributed by atoms with Gasteiger partial charge in [0.15, 0.2) is 5.75 Å². The van der Waals surface area contributed by atoms with Crippen molar-refractivity contribution in [3.63, 3.8) is 0 Å². The highest BCUT2D eigenvalue weighted by Crippen LogP contribution is 2.39. The van der Waals surface area contributed by atoms with Gasteiger partial charge < -0.3 is 15.4 Å². The van der Waals surface area contributed by atoms with Crippen molar-refractivity contribution in [2.75, 3.05) is 10.6 Å². The van der Waals surface area contributed by atoms with Gasteiger partial charge in [-0.1, -0.05) is 35.9 Å². The third-order valence-electron chi connectivity index (χ3n) is 4.55. The molecule has 4 rings (SSSR count). The number of fused-ring (bicyclic) bond motifs is 1. The molecule has 29 heavy (non-hydrogen) atoms. The van der Waals surface area contributed by atoms with E-state index < -0.39 is 10.0 Å². The third-order valence-corrected chi connectivity index (χ3v) is 6.18. The minimum atomic E-state index is -3.90. The summed E-state index contributed by atoms with van der Waals surface area (Å²) in [4.78, 5) is 0.0349. The van der Waals surface area contributed by atoms with Crippen molar-refractivity contribution < 1.29 is 13.2 Å². The summed E-state index contributed by atoms with van der Waals surface area (Å²) in [6, 6.07) is 17.5. The number of nitrogens with zero attached hydrogens (tertiary/aromatic N) is 1. The van der Waals surface area contributed by atoms with E-state index in [1.54, 1.807) is 36.4 Å². The second-order valence-electron chi connectivity index (χ2n) is 6.63. The Morgan fingerprint density at radius 3 is 2.48 bits per heavy atom. The van der Waals surface area contributed by atoms with E-state index in [1.807, 2.05) is 32.0 Å². The molecule has 6 nitrogen and oxygen atoms in total. The molecule has 1 heterocycles. The normalized spacial score (nSPS) is 14.4. The molecule has 148 valence electrons. The van der Waals surface area contributed by atoms with Gasteiger partial charge in [-0.2, -0.15) is 8.42 Å². The average Bonchev–Trinajstić information content (AvgIpc) is 2.67. The van der Waals surface area contributed by atoms with Crippen LogP contribution in [-0.2, 0) is 10.0 Å². The molecule has 0 aromatic heterocycles. The quantitative estimate of drug-likeness (QED) is 0.590. The number of guanidine groups is 1. The van der Waals surface area contributed by atoms with Crippen LogP contribution in [-0.4, -0.2) is 14.4 Å². The molecule has 0 unspecified atom stereocenters. The number of hydrogen-bond donors (Lipinski definition) is 2. The maximum atomic E-state index is 12.7. The lowest BCUT2D eigenvalue weighted by Crippen LogP contribution is -2.28. The fourth-order valence-corrected chi connectivity index (χ4v) is 4.17. The molecule has 3 aromatic carbocycles. The van der Waals surface area contributed by atoms with Gasteiger partial charge in [0.1, 0.15) is 16.3 Å². The lowest BCUT2D eigenvalue weighted by atomic mass is 10.1. The zero-order chi connectivity index (χ0) is 20.6. The largest absolute Gasteiger partial charge is 0.454 e. The van der Waals surface area contributed by atoms with Gasteiger partial charge >= 0.3 is 0 Å². The van der Waals surface area contributed by atoms with Crippen molar-refractivity contribution in [3.8, 4) is 11.5 Å². The topological polar surface area (TPSA) is 79.8 Å². The van der Waals surface area contributed by atoms with E-state index in [4.69, 9.17) is 16.3 Å². The van der Waals surface area contributed by atoms with Gasteiger partial charge in [-0.3, -0.25) is 0 Å². The van der Waals surface area contributed by atoms with E-state index in [2.05, 4.69) is 15.0 Å². The van der Waals surface area contributed by atoms with Crippen LogP contribution in [0.2, 0.25) is 5.02 Å². The van der Waals surface area contributed by atoms with Gasteiger partial charge in [0, 0.05) is 5.69 Å². The molecule has 0 radical (unpaired) electrons. The van der Waals surface area contributed by atoms with Crippen LogP contribution < -0.4 is 15.4 Å². The maximum Gasteiger partial charge on any atom is 0.287 e. The molecule has 0 amide bonds. The van der Waals surface area contributed by atoms with Crippen LogP contribution in [0.5, 0.6) is 11.5 Å². The second kappa shape index (κ2) is 7.42. The number of anilines is 2. The minimum absolute atomic E-state index is 0.0349. The molecule has 0 saturated carbocycles. The predicted octanol–water partition coefficient (Wildman–Crippen LogP) is 5.33. The van der Waals surface area contributed by atoms with E-state index in [9.17, 15) is 8.42 Å². The number of sulfonamides is 1. The van der Waals surface area contributed by atoms with Crippen LogP contribution in [0.15, 0.2) is 70.0 Å². The monoisotopic (exact) mass is 427 g/mol. The molecule has 3 aromatic rings. The fourth-order valence-electron chi connectivity index (χ4n) is 2.90. The number of aryl methyl sites for hydroxylation is 2. The molecule has 0 aliphatic carbocycles. The predicted molar refractivity (Wildman–Crippen MR) is 116 cm³/mol. The van der Waals surface area contributed by atoms with Crippen LogP contribution in [0.3, 0.4) is 0 Å². The van der Waals surface area contributed by atoms with Crippen LogP contribution in [0, 0.1) is 13.8 Å². The number of hydrogen-bond acceptors (Lipinski definition) is 5. The number of rotatable bonds is 3. The Balaban J connectivity index is 1.70. The maximum absolute atomic E-state index is 12.7. The fraction of sp³-hybridized carbons (Fsp3) is 0.0952. The summed E-state index contributed by atoms with van der Waals surface area (Å²) in [5.74, 6) is 0.845. The first-order valence-electron chi connectivity index (χ1n) is 8.85. The van der Waals surface area contributed by atoms with E-state index in [1.165, 1.54) is 6.07 Å². The first-order chi connectivity index (χ1) is 13.8. The van der Waals surface area contributed by atoms with E-state index in [0.29, 0.717) is 22.2 Å². The summed E-state index contributed by atoms with van der Waals surface area (Å²) >= 11 is 6.18. The Hall–Kier alpha value is -3.03. The highest BCUT2D eigenvalue weighted by Gasteiger charge is 2.28. The van der Waals surface area contributed by atoms with Gasteiger partial charge in [-0.25, -0.2) is 0 Å². The van der Waals surface area contributed by atoms with Gasteiger partial charge in [0.05, 0.1) is 5.02 Å². The van der Waals surface area contributed by atoms with E-state index in [0.717, 1.165) is 16.8 Å². The minimum Gasteiger partial charge on any atom is -0.454 e. The number of nitrogens with one attached hydrogen (secondary N) is 2. The van der Waals surface area contributed by atoms with Crippen molar-refractivity contribution >= 4 is 39.0 Å². The summed E-state index contributed by atoms with van der Waals surface area (Å²) in [6.45, 7) is 3.99. The zero-order valence-corrected chi connectivity index (χ0v) is 17.3. The summed E-state index contributed by atoms with van der Waals surface area (Å²) in [6.07, 6.45) is 0. The number of benzene rings is 3. The van der Waals surface area contributed by atoms with Gasteiger partial charge in [-0.05, 0) is 61.4 Å². The molecule has 1 aliphatic rings. The molecule has 1 aliphatic heterocycles. The molecule has 0 atom stereocenters. The molecule has 0 fully saturated rings. The summed E-state index contributed by atoms with van der Waals surface area (Å²) in [7, 11) is -3.90. The molecule has 8 heteroatoms. The van der Waals surface area contributed by atoms with Crippen molar-refractivity contribution in [1.82, 2.24) is 0 Å². The van der Waals surface area contributed by atoms with Crippen LogP contribution in [0.1, 0.15) is 11.1 Å². The number of para-hydroxylation sites is 2. The van der Waals surface area contributed by atoms with Crippen molar-refractivity contribution in [2.24, 2.45) is 4.40 Å². The van der Waals surface area contributed by atoms with Gasteiger partial charge in [0.2, 0.25) is 5.96 Å². The summed E-state index contributed by atoms with van der Waals surface area (Å²) in [5.41, 5.74) is 3.25. The Kier molecular flexibility index (Phi) is 4.94. The van der Waals surface area contributed by atoms with Crippen molar-refractivity contribution in [2.45, 2.75) is 18.7 Å². The molecule has 0 saturated heterocycles. The van der Waals surface area contributed by atoms with Gasteiger partial charge in [-0.15, -0.1) is 4.40 Å².